The van der Waals surface area contributed by atoms with Gasteiger partial charge in [-0.25, -0.2) is 4.39 Å². The van der Waals surface area contributed by atoms with Gasteiger partial charge in [0, 0.05) is 25.2 Å². The summed E-state index contributed by atoms with van der Waals surface area (Å²) in [6.45, 7) is 7.53. The maximum Gasteiger partial charge on any atom is 0.137 e. The molecule has 1 aliphatic heterocycles. The fraction of sp³-hybridized carbons (Fsp3) is 0.600. The molecule has 0 amide bonds. The van der Waals surface area contributed by atoms with Gasteiger partial charge in [-0.1, -0.05) is 13.0 Å². The van der Waals surface area contributed by atoms with Gasteiger partial charge in [0.1, 0.15) is 5.82 Å². The van der Waals surface area contributed by atoms with Crippen LogP contribution in [0.1, 0.15) is 32.3 Å². The summed E-state index contributed by atoms with van der Waals surface area (Å²) in [4.78, 5) is 2.49. The van der Waals surface area contributed by atoms with Crippen LogP contribution in [0.25, 0.3) is 0 Å². The summed E-state index contributed by atoms with van der Waals surface area (Å²) in [6.07, 6.45) is 2.31. The van der Waals surface area contributed by atoms with Gasteiger partial charge in [-0.3, -0.25) is 4.90 Å². The standard InChI is InChI=1S/C15H22BrFN2/c1-3-13-10-19(11(2)6-7-18-13)9-12-4-5-15(17)14(16)8-12/h4-5,8,11,13,18H,3,6-7,9-10H2,1-2H3. The van der Waals surface area contributed by atoms with Crippen LogP contribution in [-0.2, 0) is 6.54 Å². The topological polar surface area (TPSA) is 15.3 Å². The second-order valence-electron chi connectivity index (χ2n) is 5.37. The average molecular weight is 329 g/mol. The van der Waals surface area contributed by atoms with E-state index in [-0.39, 0.29) is 5.82 Å². The summed E-state index contributed by atoms with van der Waals surface area (Å²) in [5.41, 5.74) is 1.16. The fourth-order valence-electron chi connectivity index (χ4n) is 2.57. The fourth-order valence-corrected chi connectivity index (χ4v) is 3.00. The minimum absolute atomic E-state index is 0.194. The Kier molecular flexibility index (Phi) is 5.37. The van der Waals surface area contributed by atoms with Crippen molar-refractivity contribution in [1.82, 2.24) is 10.2 Å². The Morgan fingerprint density at radius 2 is 2.26 bits per heavy atom. The van der Waals surface area contributed by atoms with Crippen molar-refractivity contribution < 1.29 is 4.39 Å². The summed E-state index contributed by atoms with van der Waals surface area (Å²) in [5.74, 6) is -0.194. The lowest BCUT2D eigenvalue weighted by molar-refractivity contribution is 0.194. The molecule has 1 aromatic carbocycles. The van der Waals surface area contributed by atoms with Gasteiger partial charge >= 0.3 is 0 Å². The Hall–Kier alpha value is -0.450. The van der Waals surface area contributed by atoms with Crippen molar-refractivity contribution in [3.8, 4) is 0 Å². The Morgan fingerprint density at radius 3 is 2.95 bits per heavy atom. The molecule has 0 spiro atoms. The van der Waals surface area contributed by atoms with Gasteiger partial charge in [-0.2, -0.15) is 0 Å². The third kappa shape index (κ3) is 4.01. The zero-order valence-corrected chi connectivity index (χ0v) is 13.2. The van der Waals surface area contributed by atoms with Crippen molar-refractivity contribution in [2.24, 2.45) is 0 Å². The van der Waals surface area contributed by atoms with E-state index >= 15 is 0 Å². The molecule has 4 heteroatoms. The first kappa shape index (κ1) is 14.9. The lowest BCUT2D eigenvalue weighted by atomic mass is 10.1. The summed E-state index contributed by atoms with van der Waals surface area (Å²) < 4.78 is 13.8. The monoisotopic (exact) mass is 328 g/mol. The number of hydrogen-bond donors (Lipinski definition) is 1. The molecular weight excluding hydrogens is 307 g/mol. The predicted octanol–water partition coefficient (Wildman–Crippen LogP) is 3.55. The van der Waals surface area contributed by atoms with Gasteiger partial charge in [0.15, 0.2) is 0 Å². The smallest absolute Gasteiger partial charge is 0.137 e. The van der Waals surface area contributed by atoms with Crippen molar-refractivity contribution in [2.45, 2.75) is 45.3 Å². The van der Waals surface area contributed by atoms with Crippen LogP contribution >= 0.6 is 15.9 Å². The van der Waals surface area contributed by atoms with Crippen LogP contribution in [0.5, 0.6) is 0 Å². The van der Waals surface area contributed by atoms with E-state index < -0.39 is 0 Å². The molecular formula is C15H22BrFN2. The zero-order chi connectivity index (χ0) is 13.8. The van der Waals surface area contributed by atoms with Gasteiger partial charge in [0.05, 0.1) is 4.47 Å². The normalized spacial score (nSPS) is 25.3. The number of halogens is 2. The Labute approximate surface area is 123 Å². The molecule has 1 aliphatic rings. The van der Waals surface area contributed by atoms with Crippen LogP contribution in [-0.4, -0.2) is 30.1 Å². The predicted molar refractivity (Wildman–Crippen MR) is 80.7 cm³/mol. The highest BCUT2D eigenvalue weighted by atomic mass is 79.9. The Morgan fingerprint density at radius 1 is 1.47 bits per heavy atom. The molecule has 1 saturated heterocycles. The third-order valence-corrected chi connectivity index (χ3v) is 4.54. The number of nitrogens with one attached hydrogen (secondary N) is 1. The molecule has 0 saturated carbocycles. The maximum atomic E-state index is 13.3. The van der Waals surface area contributed by atoms with Crippen LogP contribution in [0, 0.1) is 5.82 Å². The van der Waals surface area contributed by atoms with E-state index in [1.54, 1.807) is 0 Å². The van der Waals surface area contributed by atoms with Crippen molar-refractivity contribution >= 4 is 15.9 Å². The largest absolute Gasteiger partial charge is 0.313 e. The molecule has 0 bridgehead atoms. The molecule has 2 nitrogen and oxygen atoms in total. The first-order valence-corrected chi connectivity index (χ1v) is 7.80. The Balaban J connectivity index is 2.08. The molecule has 106 valence electrons. The van der Waals surface area contributed by atoms with Crippen LogP contribution in [0.2, 0.25) is 0 Å². The van der Waals surface area contributed by atoms with Crippen molar-refractivity contribution in [3.63, 3.8) is 0 Å². The molecule has 1 aromatic rings. The second kappa shape index (κ2) is 6.82. The summed E-state index contributed by atoms with van der Waals surface area (Å²) in [6, 6.07) is 6.44. The molecule has 2 rings (SSSR count). The van der Waals surface area contributed by atoms with E-state index in [9.17, 15) is 4.39 Å². The van der Waals surface area contributed by atoms with Gasteiger partial charge in [0.2, 0.25) is 0 Å². The molecule has 1 fully saturated rings. The Bertz CT molecular complexity index is 425. The molecule has 0 radical (unpaired) electrons. The number of nitrogens with zero attached hydrogens (tertiary/aromatic N) is 1. The van der Waals surface area contributed by atoms with E-state index in [1.807, 2.05) is 12.1 Å². The van der Waals surface area contributed by atoms with Crippen LogP contribution in [0.15, 0.2) is 22.7 Å². The number of benzene rings is 1. The van der Waals surface area contributed by atoms with Crippen LogP contribution < -0.4 is 5.32 Å². The zero-order valence-electron chi connectivity index (χ0n) is 11.6. The highest BCUT2D eigenvalue weighted by molar-refractivity contribution is 9.10. The van der Waals surface area contributed by atoms with Gasteiger partial charge in [-0.05, 0) is 59.9 Å². The molecule has 19 heavy (non-hydrogen) atoms. The van der Waals surface area contributed by atoms with Crippen molar-refractivity contribution in [2.75, 3.05) is 13.1 Å². The number of rotatable bonds is 3. The van der Waals surface area contributed by atoms with E-state index in [4.69, 9.17) is 0 Å². The molecule has 1 N–H and O–H groups in total. The quantitative estimate of drug-likeness (QED) is 0.912. The number of hydrogen-bond acceptors (Lipinski definition) is 2. The van der Waals surface area contributed by atoms with Crippen molar-refractivity contribution in [1.29, 1.82) is 0 Å². The minimum Gasteiger partial charge on any atom is -0.313 e. The lowest BCUT2D eigenvalue weighted by Crippen LogP contribution is -2.39. The molecule has 0 aliphatic carbocycles. The minimum atomic E-state index is -0.194. The highest BCUT2D eigenvalue weighted by Crippen LogP contribution is 2.20. The summed E-state index contributed by atoms with van der Waals surface area (Å²) in [5, 5.41) is 3.59. The lowest BCUT2D eigenvalue weighted by Gasteiger charge is -2.29. The first-order valence-electron chi connectivity index (χ1n) is 7.01. The van der Waals surface area contributed by atoms with E-state index in [1.165, 1.54) is 12.5 Å². The van der Waals surface area contributed by atoms with Crippen LogP contribution in [0.4, 0.5) is 4.39 Å². The molecule has 0 aromatic heterocycles. The van der Waals surface area contributed by atoms with E-state index in [0.717, 1.165) is 31.6 Å². The van der Waals surface area contributed by atoms with Gasteiger partial charge in [-0.15, -0.1) is 0 Å². The van der Waals surface area contributed by atoms with Gasteiger partial charge < -0.3 is 5.32 Å². The SMILES string of the molecule is CCC1CN(Cc2ccc(F)c(Br)c2)C(C)CCN1. The molecule has 2 unspecified atom stereocenters. The van der Waals surface area contributed by atoms with E-state index in [0.29, 0.717) is 16.6 Å². The first-order chi connectivity index (χ1) is 9.10. The third-order valence-electron chi connectivity index (χ3n) is 3.94. The molecule has 1 heterocycles. The second-order valence-corrected chi connectivity index (χ2v) is 6.23. The van der Waals surface area contributed by atoms with Gasteiger partial charge in [0.25, 0.3) is 0 Å². The average Bonchev–Trinajstić information content (AvgIpc) is 2.56. The van der Waals surface area contributed by atoms with Crippen LogP contribution in [0.3, 0.4) is 0 Å². The molecule has 2 atom stereocenters. The summed E-state index contributed by atoms with van der Waals surface area (Å²) >= 11 is 3.26. The van der Waals surface area contributed by atoms with E-state index in [2.05, 4.69) is 40.0 Å². The van der Waals surface area contributed by atoms with Crippen molar-refractivity contribution in [3.05, 3.63) is 34.1 Å². The highest BCUT2D eigenvalue weighted by Gasteiger charge is 2.21. The summed E-state index contributed by atoms with van der Waals surface area (Å²) in [7, 11) is 0. The maximum absolute atomic E-state index is 13.3.